The predicted octanol–water partition coefficient (Wildman–Crippen LogP) is 3.89. The molecule has 1 amide bonds. The van der Waals surface area contributed by atoms with Crippen molar-refractivity contribution in [1.29, 1.82) is 0 Å². The predicted molar refractivity (Wildman–Crippen MR) is 160 cm³/mol. The van der Waals surface area contributed by atoms with Crippen molar-refractivity contribution < 1.29 is 9.90 Å². The van der Waals surface area contributed by atoms with Crippen molar-refractivity contribution in [3.05, 3.63) is 72.1 Å². The van der Waals surface area contributed by atoms with Gasteiger partial charge in [0.25, 0.3) is 0 Å². The molecule has 0 atom stereocenters. The van der Waals surface area contributed by atoms with Crippen LogP contribution in [-0.4, -0.2) is 79.1 Å². The van der Waals surface area contributed by atoms with E-state index < -0.39 is 0 Å². The van der Waals surface area contributed by atoms with E-state index in [0.29, 0.717) is 43.9 Å². The number of benzene rings is 2. The number of hydrogen-bond donors (Lipinski definition) is 3. The van der Waals surface area contributed by atoms with Gasteiger partial charge in [0.1, 0.15) is 5.75 Å². The van der Waals surface area contributed by atoms with Crippen LogP contribution in [0.3, 0.4) is 0 Å². The monoisotopic (exact) mass is 554 g/mol. The van der Waals surface area contributed by atoms with Crippen molar-refractivity contribution in [1.82, 2.24) is 29.3 Å². The number of aromatic hydroxyl groups is 1. The van der Waals surface area contributed by atoms with Gasteiger partial charge >= 0.3 is 0 Å². The van der Waals surface area contributed by atoms with Crippen LogP contribution in [0.1, 0.15) is 36.8 Å². The van der Waals surface area contributed by atoms with E-state index in [2.05, 4.69) is 50.8 Å². The van der Waals surface area contributed by atoms with E-state index in [0.717, 1.165) is 68.6 Å². The molecular formula is C31H38N8O2. The van der Waals surface area contributed by atoms with E-state index >= 15 is 0 Å². The van der Waals surface area contributed by atoms with Crippen LogP contribution in [0, 0.1) is 0 Å². The van der Waals surface area contributed by atoms with E-state index in [9.17, 15) is 9.90 Å². The number of amides is 1. The number of phenols is 1. The Labute approximate surface area is 240 Å². The van der Waals surface area contributed by atoms with Crippen molar-refractivity contribution >= 4 is 28.8 Å². The Morgan fingerprint density at radius 1 is 0.927 bits per heavy atom. The summed E-state index contributed by atoms with van der Waals surface area (Å²) in [4.78, 5) is 31.0. The number of fused-ring (bicyclic) bond motifs is 1. The van der Waals surface area contributed by atoms with Crippen LogP contribution in [-0.2, 0) is 24.3 Å². The number of imidazole rings is 1. The Morgan fingerprint density at radius 2 is 1.73 bits per heavy atom. The minimum atomic E-state index is 0.224. The summed E-state index contributed by atoms with van der Waals surface area (Å²) in [5, 5.41) is 16.7. The average molecular weight is 555 g/mol. The molecule has 2 aromatic heterocycles. The van der Waals surface area contributed by atoms with Crippen LogP contribution in [0.5, 0.6) is 5.75 Å². The number of hydrogen-bond acceptors (Lipinski definition) is 8. The van der Waals surface area contributed by atoms with Gasteiger partial charge in [-0.3, -0.25) is 9.69 Å². The number of phenolic OH excluding ortho intramolecular Hbond substituents is 1. The molecule has 2 aromatic carbocycles. The van der Waals surface area contributed by atoms with E-state index in [1.54, 1.807) is 18.5 Å². The fourth-order valence-electron chi connectivity index (χ4n) is 5.71. The maximum atomic E-state index is 12.1. The van der Waals surface area contributed by atoms with E-state index in [-0.39, 0.29) is 11.7 Å². The number of nitrogens with zero attached hydrogens (tertiary/aromatic N) is 6. The zero-order valence-electron chi connectivity index (χ0n) is 23.4. The molecule has 4 aromatic rings. The first-order valence-corrected chi connectivity index (χ1v) is 14.7. The van der Waals surface area contributed by atoms with Crippen molar-refractivity contribution in [2.75, 3.05) is 43.4 Å². The van der Waals surface area contributed by atoms with Crippen LogP contribution in [0.15, 0.2) is 60.9 Å². The molecule has 4 heterocycles. The highest BCUT2D eigenvalue weighted by molar-refractivity contribution is 5.84. The first-order chi connectivity index (χ1) is 20.1. The zero-order valence-corrected chi connectivity index (χ0v) is 23.4. The summed E-state index contributed by atoms with van der Waals surface area (Å²) in [6.45, 7) is 5.81. The van der Waals surface area contributed by atoms with Gasteiger partial charge in [0.05, 0.1) is 6.33 Å². The molecule has 10 heteroatoms. The molecule has 0 aliphatic carbocycles. The third-order valence-electron chi connectivity index (χ3n) is 8.06. The summed E-state index contributed by atoms with van der Waals surface area (Å²) in [6.07, 6.45) is 6.20. The Kier molecular flexibility index (Phi) is 8.27. The number of nitrogens with one attached hydrogen (secondary N) is 2. The van der Waals surface area contributed by atoms with Gasteiger partial charge in [0, 0.05) is 58.3 Å². The standard InChI is InChI=1S/C31H38N8O2/c40-26-10-8-23(9-11-26)12-15-32-29-28-30(39(22-33-28)20-19-38-16-4-7-27(38)41)36-31(35-29)34-25-13-17-37(18-14-25)21-24-5-2-1-3-6-24/h1-3,5-6,8-11,22,25,40H,4,7,12-21H2,(H2,32,34,35,36). The Morgan fingerprint density at radius 3 is 2.49 bits per heavy atom. The number of carbonyl (C=O) groups excluding carboxylic acids is 1. The number of anilines is 2. The van der Waals surface area contributed by atoms with Crippen molar-refractivity contribution in [2.45, 2.75) is 51.2 Å². The first-order valence-electron chi connectivity index (χ1n) is 14.7. The number of rotatable bonds is 11. The maximum absolute atomic E-state index is 12.1. The Bertz CT molecular complexity index is 1450. The largest absolute Gasteiger partial charge is 0.508 e. The van der Waals surface area contributed by atoms with Gasteiger partial charge in [-0.2, -0.15) is 9.97 Å². The number of likely N-dealkylation sites (tertiary alicyclic amines) is 2. The fourth-order valence-corrected chi connectivity index (χ4v) is 5.71. The summed E-state index contributed by atoms with van der Waals surface area (Å²) >= 11 is 0. The quantitative estimate of drug-likeness (QED) is 0.256. The number of piperidine rings is 1. The minimum absolute atomic E-state index is 0.224. The first kappa shape index (κ1) is 27.0. The highest BCUT2D eigenvalue weighted by atomic mass is 16.3. The number of carbonyl (C=O) groups is 1. The van der Waals surface area contributed by atoms with E-state index in [1.807, 2.05) is 21.6 Å². The van der Waals surface area contributed by atoms with Gasteiger partial charge in [-0.05, 0) is 48.9 Å². The van der Waals surface area contributed by atoms with Gasteiger partial charge in [-0.1, -0.05) is 42.5 Å². The van der Waals surface area contributed by atoms with E-state index in [4.69, 9.17) is 9.97 Å². The minimum Gasteiger partial charge on any atom is -0.508 e. The van der Waals surface area contributed by atoms with Gasteiger partial charge in [0.2, 0.25) is 11.9 Å². The van der Waals surface area contributed by atoms with Crippen LogP contribution in [0.25, 0.3) is 11.2 Å². The molecule has 41 heavy (non-hydrogen) atoms. The summed E-state index contributed by atoms with van der Waals surface area (Å²) in [6, 6.07) is 18.2. The van der Waals surface area contributed by atoms with Gasteiger partial charge in [0.15, 0.2) is 17.0 Å². The highest BCUT2D eigenvalue weighted by Gasteiger charge is 2.23. The molecule has 2 aliphatic heterocycles. The molecule has 0 bridgehead atoms. The molecule has 0 radical (unpaired) electrons. The molecule has 0 unspecified atom stereocenters. The van der Waals surface area contributed by atoms with Crippen LogP contribution >= 0.6 is 0 Å². The van der Waals surface area contributed by atoms with E-state index in [1.165, 1.54) is 5.56 Å². The molecular weight excluding hydrogens is 516 g/mol. The molecule has 2 saturated heterocycles. The smallest absolute Gasteiger partial charge is 0.227 e. The molecule has 6 rings (SSSR count). The summed E-state index contributed by atoms with van der Waals surface area (Å²) in [5.41, 5.74) is 3.97. The summed E-state index contributed by atoms with van der Waals surface area (Å²) < 4.78 is 2.03. The summed E-state index contributed by atoms with van der Waals surface area (Å²) in [7, 11) is 0. The van der Waals surface area contributed by atoms with Gasteiger partial charge in [-0.25, -0.2) is 4.98 Å². The van der Waals surface area contributed by atoms with Crippen LogP contribution < -0.4 is 10.6 Å². The lowest BCUT2D eigenvalue weighted by Crippen LogP contribution is -2.39. The third-order valence-corrected chi connectivity index (χ3v) is 8.06. The SMILES string of the molecule is O=C1CCCN1CCn1cnc2c(NCCc3ccc(O)cc3)nc(NC3CCN(Cc4ccccc4)CC3)nc21. The normalized spacial score (nSPS) is 16.5. The second-order valence-electron chi connectivity index (χ2n) is 11.0. The third kappa shape index (κ3) is 6.77. The van der Waals surface area contributed by atoms with Crippen molar-refractivity contribution in [3.63, 3.8) is 0 Å². The molecule has 0 saturated carbocycles. The Hall–Kier alpha value is -4.18. The molecule has 0 spiro atoms. The average Bonchev–Trinajstić information content (AvgIpc) is 3.60. The molecule has 2 aliphatic rings. The van der Waals surface area contributed by atoms with Gasteiger partial charge in [-0.15, -0.1) is 0 Å². The van der Waals surface area contributed by atoms with Crippen LogP contribution in [0.4, 0.5) is 11.8 Å². The Balaban J connectivity index is 1.15. The lowest BCUT2D eigenvalue weighted by molar-refractivity contribution is -0.127. The highest BCUT2D eigenvalue weighted by Crippen LogP contribution is 2.24. The lowest BCUT2D eigenvalue weighted by atomic mass is 10.0. The van der Waals surface area contributed by atoms with Crippen molar-refractivity contribution in [3.8, 4) is 5.75 Å². The molecule has 10 nitrogen and oxygen atoms in total. The fraction of sp³-hybridized carbons (Fsp3) is 0.419. The molecule has 214 valence electrons. The van der Waals surface area contributed by atoms with Crippen molar-refractivity contribution in [2.24, 2.45) is 0 Å². The molecule has 2 fully saturated rings. The van der Waals surface area contributed by atoms with Crippen LogP contribution in [0.2, 0.25) is 0 Å². The summed E-state index contributed by atoms with van der Waals surface area (Å²) in [5.74, 6) is 1.79. The topological polar surface area (TPSA) is 111 Å². The second-order valence-corrected chi connectivity index (χ2v) is 11.0. The van der Waals surface area contributed by atoms with Gasteiger partial charge < -0.3 is 25.2 Å². The lowest BCUT2D eigenvalue weighted by Gasteiger charge is -2.32. The maximum Gasteiger partial charge on any atom is 0.227 e. The second kappa shape index (κ2) is 12.6. The zero-order chi connectivity index (χ0) is 28.0. The molecule has 3 N–H and O–H groups in total. The number of aromatic nitrogens is 4.